The van der Waals surface area contributed by atoms with Crippen molar-refractivity contribution in [3.05, 3.63) is 0 Å². The first-order valence-electron chi connectivity index (χ1n) is 7.96. The van der Waals surface area contributed by atoms with Crippen molar-refractivity contribution >= 4 is 0 Å². The van der Waals surface area contributed by atoms with Crippen molar-refractivity contribution < 1.29 is 0 Å². The fourth-order valence-electron chi connectivity index (χ4n) is 3.50. The first-order chi connectivity index (χ1) is 8.47. The summed E-state index contributed by atoms with van der Waals surface area (Å²) in [4.78, 5) is 2.84. The zero-order valence-electron chi connectivity index (χ0n) is 13.0. The minimum Gasteiger partial charge on any atom is -0.311 e. The molecule has 0 aromatic heterocycles. The van der Waals surface area contributed by atoms with Crippen LogP contribution in [0.3, 0.4) is 0 Å². The molecule has 2 nitrogen and oxygen atoms in total. The lowest BCUT2D eigenvalue weighted by atomic mass is 9.84. The molecule has 0 aromatic carbocycles. The van der Waals surface area contributed by atoms with Crippen LogP contribution < -0.4 is 5.32 Å². The van der Waals surface area contributed by atoms with Gasteiger partial charge in [0.05, 0.1) is 0 Å². The average molecular weight is 252 g/mol. The van der Waals surface area contributed by atoms with E-state index in [0.717, 1.165) is 18.0 Å². The highest BCUT2D eigenvalue weighted by atomic mass is 15.3. The van der Waals surface area contributed by atoms with E-state index in [9.17, 15) is 0 Å². The molecule has 4 atom stereocenters. The maximum atomic E-state index is 3.78. The number of hydrogen-bond acceptors (Lipinski definition) is 2. The third kappa shape index (κ3) is 3.08. The van der Waals surface area contributed by atoms with Gasteiger partial charge in [-0.2, -0.15) is 0 Å². The highest BCUT2D eigenvalue weighted by Crippen LogP contribution is 2.42. The van der Waals surface area contributed by atoms with Gasteiger partial charge in [0.25, 0.3) is 0 Å². The highest BCUT2D eigenvalue weighted by Gasteiger charge is 2.46. The van der Waals surface area contributed by atoms with Gasteiger partial charge in [0.1, 0.15) is 0 Å². The van der Waals surface area contributed by atoms with Crippen LogP contribution in [0.25, 0.3) is 0 Å². The Morgan fingerprint density at radius 2 is 1.94 bits per heavy atom. The summed E-state index contributed by atoms with van der Waals surface area (Å²) in [7, 11) is 0. The molecular weight excluding hydrogens is 220 g/mol. The van der Waals surface area contributed by atoms with E-state index in [2.05, 4.69) is 44.8 Å². The van der Waals surface area contributed by atoms with E-state index >= 15 is 0 Å². The molecule has 0 amide bonds. The van der Waals surface area contributed by atoms with Crippen molar-refractivity contribution in [2.45, 2.75) is 78.4 Å². The Bertz CT molecular complexity index is 269. The predicted octanol–water partition coefficient (Wildman–Crippen LogP) is 3.27. The number of nitrogens with zero attached hydrogens (tertiary/aromatic N) is 1. The van der Waals surface area contributed by atoms with Crippen molar-refractivity contribution in [2.24, 2.45) is 11.3 Å². The predicted molar refractivity (Wildman–Crippen MR) is 78.8 cm³/mol. The number of hydrogen-bond donors (Lipinski definition) is 1. The van der Waals surface area contributed by atoms with E-state index in [1.807, 2.05) is 0 Å². The summed E-state index contributed by atoms with van der Waals surface area (Å²) < 4.78 is 0. The molecular formula is C16H32N2. The Morgan fingerprint density at radius 1 is 1.22 bits per heavy atom. The zero-order chi connectivity index (χ0) is 13.3. The van der Waals surface area contributed by atoms with Crippen LogP contribution in [0.2, 0.25) is 0 Å². The zero-order valence-corrected chi connectivity index (χ0v) is 13.0. The smallest absolute Gasteiger partial charge is 0.0244 e. The molecule has 2 fully saturated rings. The topological polar surface area (TPSA) is 15.3 Å². The number of nitrogens with one attached hydrogen (secondary N) is 1. The Balaban J connectivity index is 1.97. The van der Waals surface area contributed by atoms with Crippen LogP contribution in [0.1, 0.15) is 60.3 Å². The number of rotatable bonds is 4. The lowest BCUT2D eigenvalue weighted by Crippen LogP contribution is -2.60. The molecule has 106 valence electrons. The second-order valence-corrected chi connectivity index (χ2v) is 7.44. The van der Waals surface area contributed by atoms with Crippen LogP contribution in [-0.2, 0) is 0 Å². The quantitative estimate of drug-likeness (QED) is 0.826. The van der Waals surface area contributed by atoms with E-state index < -0.39 is 0 Å². The molecule has 1 heterocycles. The van der Waals surface area contributed by atoms with Gasteiger partial charge in [0.15, 0.2) is 0 Å². The Labute approximate surface area is 114 Å². The Kier molecular flexibility index (Phi) is 4.38. The monoisotopic (exact) mass is 252 g/mol. The van der Waals surface area contributed by atoms with E-state index in [4.69, 9.17) is 0 Å². The molecule has 0 spiro atoms. The van der Waals surface area contributed by atoms with Crippen LogP contribution in [0, 0.1) is 11.3 Å². The van der Waals surface area contributed by atoms with Crippen molar-refractivity contribution in [2.75, 3.05) is 13.1 Å². The van der Waals surface area contributed by atoms with Crippen LogP contribution >= 0.6 is 0 Å². The molecule has 1 N–H and O–H groups in total. The Hall–Kier alpha value is -0.0800. The maximum Gasteiger partial charge on any atom is 0.0244 e. The summed E-state index contributed by atoms with van der Waals surface area (Å²) in [6.07, 6.45) is 5.54. The second kappa shape index (κ2) is 5.50. The van der Waals surface area contributed by atoms with E-state index in [0.29, 0.717) is 11.5 Å². The van der Waals surface area contributed by atoms with Crippen molar-refractivity contribution in [1.29, 1.82) is 0 Å². The lowest BCUT2D eigenvalue weighted by molar-refractivity contribution is 0.0724. The standard InChI is InChI=1S/C16H32N2/c1-6-8-12-9-14(12)18-11-15(16(3,4)5)17-10-13(18)7-2/h12-15,17H,6-11H2,1-5H3. The van der Waals surface area contributed by atoms with Crippen LogP contribution in [0.5, 0.6) is 0 Å². The summed E-state index contributed by atoms with van der Waals surface area (Å²) in [5.74, 6) is 1.00. The third-order valence-electron chi connectivity index (χ3n) is 4.95. The van der Waals surface area contributed by atoms with Crippen LogP contribution in [0.4, 0.5) is 0 Å². The molecule has 0 aromatic rings. The summed E-state index contributed by atoms with van der Waals surface area (Å²) in [5, 5.41) is 3.78. The molecule has 0 radical (unpaired) electrons. The molecule has 0 bridgehead atoms. The lowest BCUT2D eigenvalue weighted by Gasteiger charge is -2.45. The van der Waals surface area contributed by atoms with Gasteiger partial charge < -0.3 is 5.32 Å². The van der Waals surface area contributed by atoms with Gasteiger partial charge in [-0.1, -0.05) is 41.0 Å². The molecule has 1 aliphatic carbocycles. The summed E-state index contributed by atoms with van der Waals surface area (Å²) in [5.41, 5.74) is 0.381. The highest BCUT2D eigenvalue weighted by molar-refractivity contribution is 5.02. The van der Waals surface area contributed by atoms with E-state index in [-0.39, 0.29) is 0 Å². The minimum atomic E-state index is 0.381. The second-order valence-electron chi connectivity index (χ2n) is 7.44. The van der Waals surface area contributed by atoms with Crippen LogP contribution in [0.15, 0.2) is 0 Å². The van der Waals surface area contributed by atoms with Gasteiger partial charge in [-0.25, -0.2) is 0 Å². The van der Waals surface area contributed by atoms with Crippen molar-refractivity contribution in [3.8, 4) is 0 Å². The fourth-order valence-corrected chi connectivity index (χ4v) is 3.50. The molecule has 18 heavy (non-hydrogen) atoms. The molecule has 1 aliphatic heterocycles. The third-order valence-corrected chi connectivity index (χ3v) is 4.95. The van der Waals surface area contributed by atoms with Gasteiger partial charge in [-0.05, 0) is 30.6 Å². The normalized spacial score (nSPS) is 37.8. The van der Waals surface area contributed by atoms with Gasteiger partial charge in [-0.15, -0.1) is 0 Å². The Morgan fingerprint density at radius 3 is 2.50 bits per heavy atom. The maximum absolute atomic E-state index is 3.78. The van der Waals surface area contributed by atoms with Gasteiger partial charge in [0.2, 0.25) is 0 Å². The first-order valence-corrected chi connectivity index (χ1v) is 7.96. The van der Waals surface area contributed by atoms with Gasteiger partial charge in [-0.3, -0.25) is 4.90 Å². The first kappa shape index (κ1) is 14.3. The molecule has 2 heteroatoms. The van der Waals surface area contributed by atoms with E-state index in [1.54, 1.807) is 0 Å². The summed E-state index contributed by atoms with van der Waals surface area (Å²) in [6.45, 7) is 14.2. The summed E-state index contributed by atoms with van der Waals surface area (Å²) >= 11 is 0. The molecule has 4 unspecified atom stereocenters. The molecule has 2 aliphatic rings. The molecule has 2 rings (SSSR count). The number of piperazine rings is 1. The fraction of sp³-hybridized carbons (Fsp3) is 1.00. The van der Waals surface area contributed by atoms with Crippen LogP contribution in [-0.4, -0.2) is 36.1 Å². The van der Waals surface area contributed by atoms with Crippen molar-refractivity contribution in [3.63, 3.8) is 0 Å². The minimum absolute atomic E-state index is 0.381. The molecule has 1 saturated carbocycles. The van der Waals surface area contributed by atoms with Gasteiger partial charge in [0, 0.05) is 31.2 Å². The SMILES string of the molecule is CCCC1CC1N1CC(C(C)(C)C)NCC1CC. The molecule has 1 saturated heterocycles. The van der Waals surface area contributed by atoms with E-state index in [1.165, 1.54) is 38.8 Å². The van der Waals surface area contributed by atoms with Crippen molar-refractivity contribution in [1.82, 2.24) is 10.2 Å². The largest absolute Gasteiger partial charge is 0.311 e. The average Bonchev–Trinajstić information content (AvgIpc) is 3.07. The summed E-state index contributed by atoms with van der Waals surface area (Å²) in [6, 6.07) is 2.33. The van der Waals surface area contributed by atoms with Gasteiger partial charge >= 0.3 is 0 Å².